The van der Waals surface area contributed by atoms with Crippen LogP contribution >= 0.6 is 0 Å². The van der Waals surface area contributed by atoms with Crippen molar-refractivity contribution < 1.29 is 14.0 Å². The maximum atomic E-state index is 12.3. The Bertz CT molecular complexity index is 939. The molecule has 25 heavy (non-hydrogen) atoms. The summed E-state index contributed by atoms with van der Waals surface area (Å²) in [6.45, 7) is 4.05. The summed E-state index contributed by atoms with van der Waals surface area (Å²) in [5, 5.41) is 6.37. The minimum absolute atomic E-state index is 0.131. The average Bonchev–Trinajstić information content (AvgIpc) is 3.01. The Morgan fingerprint density at radius 1 is 1.04 bits per heavy atom. The molecule has 0 spiro atoms. The summed E-state index contributed by atoms with van der Waals surface area (Å²) in [5.41, 5.74) is 5.14. The van der Waals surface area contributed by atoms with Crippen LogP contribution in [0.4, 0.5) is 5.69 Å². The molecule has 0 atom stereocenters. The van der Waals surface area contributed by atoms with Gasteiger partial charge in [-0.15, -0.1) is 0 Å². The number of rotatable bonds is 4. The number of benzene rings is 2. The Morgan fingerprint density at radius 2 is 1.76 bits per heavy atom. The van der Waals surface area contributed by atoms with E-state index in [0.29, 0.717) is 11.3 Å². The number of carbonyl (C=O) groups excluding carboxylic acids is 2. The van der Waals surface area contributed by atoms with Crippen molar-refractivity contribution >= 4 is 28.5 Å². The number of furan rings is 1. The number of hydrogen-bond donors (Lipinski definition) is 2. The number of fused-ring (bicyclic) bond motifs is 1. The topological polar surface area (TPSA) is 71.3 Å². The molecule has 0 fully saturated rings. The molecule has 5 heteroatoms. The lowest BCUT2D eigenvalue weighted by atomic mass is 10.0. The van der Waals surface area contributed by atoms with E-state index in [1.54, 1.807) is 37.6 Å². The maximum Gasteiger partial charge on any atom is 0.251 e. The minimum Gasteiger partial charge on any atom is -0.464 e. The van der Waals surface area contributed by atoms with E-state index in [2.05, 4.69) is 10.6 Å². The van der Waals surface area contributed by atoms with E-state index < -0.39 is 0 Å². The Labute approximate surface area is 146 Å². The Kier molecular flexibility index (Phi) is 4.57. The van der Waals surface area contributed by atoms with E-state index in [-0.39, 0.29) is 18.2 Å². The van der Waals surface area contributed by atoms with Gasteiger partial charge in [0.2, 0.25) is 5.91 Å². The van der Waals surface area contributed by atoms with Gasteiger partial charge >= 0.3 is 0 Å². The fourth-order valence-corrected chi connectivity index (χ4v) is 2.75. The van der Waals surface area contributed by atoms with Gasteiger partial charge < -0.3 is 15.1 Å². The van der Waals surface area contributed by atoms with E-state index in [9.17, 15) is 9.59 Å². The molecular weight excluding hydrogens is 316 g/mol. The normalized spacial score (nSPS) is 10.7. The third kappa shape index (κ3) is 3.40. The number of amides is 2. The van der Waals surface area contributed by atoms with Crippen LogP contribution < -0.4 is 10.6 Å². The molecule has 2 N–H and O–H groups in total. The van der Waals surface area contributed by atoms with Crippen molar-refractivity contribution in [2.45, 2.75) is 20.3 Å². The second-order valence-corrected chi connectivity index (χ2v) is 6.03. The Morgan fingerprint density at radius 3 is 2.44 bits per heavy atom. The van der Waals surface area contributed by atoms with E-state index in [1.165, 1.54) is 0 Å². The molecule has 128 valence electrons. The first-order valence-electron chi connectivity index (χ1n) is 8.08. The van der Waals surface area contributed by atoms with Gasteiger partial charge in [0, 0.05) is 29.2 Å². The van der Waals surface area contributed by atoms with E-state index in [0.717, 1.165) is 27.7 Å². The molecule has 0 aliphatic carbocycles. The molecule has 2 aromatic carbocycles. The summed E-state index contributed by atoms with van der Waals surface area (Å²) in [7, 11) is 1.58. The molecular formula is C20H20N2O3. The summed E-state index contributed by atoms with van der Waals surface area (Å²) in [5.74, 6) is -0.290. The number of aryl methyl sites for hydroxylation is 2. The quantitative estimate of drug-likeness (QED) is 0.765. The lowest BCUT2D eigenvalue weighted by Crippen LogP contribution is -2.18. The molecule has 5 nitrogen and oxygen atoms in total. The second kappa shape index (κ2) is 6.81. The largest absolute Gasteiger partial charge is 0.464 e. The smallest absolute Gasteiger partial charge is 0.251 e. The summed E-state index contributed by atoms with van der Waals surface area (Å²) >= 11 is 0. The molecule has 1 aromatic heterocycles. The third-order valence-electron chi connectivity index (χ3n) is 4.35. The summed E-state index contributed by atoms with van der Waals surface area (Å²) < 4.78 is 5.64. The monoisotopic (exact) mass is 336 g/mol. The average molecular weight is 336 g/mol. The van der Waals surface area contributed by atoms with Crippen LogP contribution in [0.3, 0.4) is 0 Å². The van der Waals surface area contributed by atoms with Gasteiger partial charge in [-0.1, -0.05) is 12.1 Å². The lowest BCUT2D eigenvalue weighted by molar-refractivity contribution is -0.115. The zero-order valence-corrected chi connectivity index (χ0v) is 14.5. The SMILES string of the molecule is CNC(=O)c1ccc(NC(=O)Cc2coc3c(C)c(C)ccc23)cc1. The summed E-state index contributed by atoms with van der Waals surface area (Å²) in [4.78, 5) is 23.8. The number of carbonyl (C=O) groups is 2. The van der Waals surface area contributed by atoms with Crippen LogP contribution in [-0.2, 0) is 11.2 Å². The van der Waals surface area contributed by atoms with Crippen LogP contribution in [0.25, 0.3) is 11.0 Å². The van der Waals surface area contributed by atoms with Crippen LogP contribution in [0, 0.1) is 13.8 Å². The predicted octanol–water partition coefficient (Wildman–Crippen LogP) is 3.59. The highest BCUT2D eigenvalue weighted by Crippen LogP contribution is 2.27. The number of hydrogen-bond acceptors (Lipinski definition) is 3. The molecule has 3 rings (SSSR count). The minimum atomic E-state index is -0.159. The van der Waals surface area contributed by atoms with Gasteiger partial charge in [0.1, 0.15) is 5.58 Å². The van der Waals surface area contributed by atoms with Gasteiger partial charge in [-0.2, -0.15) is 0 Å². The molecule has 0 saturated heterocycles. The number of nitrogens with one attached hydrogen (secondary N) is 2. The van der Waals surface area contributed by atoms with Crippen LogP contribution in [0.2, 0.25) is 0 Å². The van der Waals surface area contributed by atoms with Gasteiger partial charge in [-0.05, 0) is 49.2 Å². The summed E-state index contributed by atoms with van der Waals surface area (Å²) in [6, 6.07) is 10.8. The molecule has 1 heterocycles. The van der Waals surface area contributed by atoms with Gasteiger partial charge in [0.25, 0.3) is 5.91 Å². The standard InChI is InChI=1S/C20H20N2O3/c1-12-4-9-17-15(11-25-19(17)13(12)2)10-18(23)22-16-7-5-14(6-8-16)20(24)21-3/h4-9,11H,10H2,1-3H3,(H,21,24)(H,22,23). The highest BCUT2D eigenvalue weighted by molar-refractivity contribution is 5.97. The van der Waals surface area contributed by atoms with Gasteiger partial charge in [0.15, 0.2) is 0 Å². The molecule has 0 aliphatic rings. The first-order chi connectivity index (χ1) is 12.0. The summed E-state index contributed by atoms with van der Waals surface area (Å²) in [6.07, 6.45) is 1.87. The van der Waals surface area contributed by atoms with Crippen LogP contribution in [0.5, 0.6) is 0 Å². The number of anilines is 1. The van der Waals surface area contributed by atoms with Crippen LogP contribution in [-0.4, -0.2) is 18.9 Å². The van der Waals surface area contributed by atoms with Gasteiger partial charge in [-0.25, -0.2) is 0 Å². The zero-order chi connectivity index (χ0) is 18.0. The fourth-order valence-electron chi connectivity index (χ4n) is 2.75. The third-order valence-corrected chi connectivity index (χ3v) is 4.35. The van der Waals surface area contributed by atoms with E-state index in [1.807, 2.05) is 26.0 Å². The first-order valence-corrected chi connectivity index (χ1v) is 8.08. The highest BCUT2D eigenvalue weighted by Gasteiger charge is 2.13. The van der Waals surface area contributed by atoms with Crippen LogP contribution in [0.15, 0.2) is 47.1 Å². The maximum absolute atomic E-state index is 12.3. The van der Waals surface area contributed by atoms with E-state index >= 15 is 0 Å². The van der Waals surface area contributed by atoms with Crippen LogP contribution in [0.1, 0.15) is 27.0 Å². The lowest BCUT2D eigenvalue weighted by Gasteiger charge is -2.06. The van der Waals surface area contributed by atoms with E-state index in [4.69, 9.17) is 4.42 Å². The van der Waals surface area contributed by atoms with Gasteiger partial charge in [-0.3, -0.25) is 9.59 Å². The molecule has 0 unspecified atom stereocenters. The molecule has 3 aromatic rings. The van der Waals surface area contributed by atoms with Crippen molar-refractivity contribution in [3.8, 4) is 0 Å². The molecule has 0 bridgehead atoms. The predicted molar refractivity (Wildman–Crippen MR) is 97.9 cm³/mol. The first kappa shape index (κ1) is 16.8. The van der Waals surface area contributed by atoms with Crippen molar-refractivity contribution in [3.63, 3.8) is 0 Å². The van der Waals surface area contributed by atoms with Crippen molar-refractivity contribution in [1.29, 1.82) is 0 Å². The zero-order valence-electron chi connectivity index (χ0n) is 14.5. The molecule has 0 saturated carbocycles. The van der Waals surface area contributed by atoms with Crippen molar-refractivity contribution in [2.24, 2.45) is 0 Å². The van der Waals surface area contributed by atoms with Crippen molar-refractivity contribution in [2.75, 3.05) is 12.4 Å². The van der Waals surface area contributed by atoms with Crippen molar-refractivity contribution in [1.82, 2.24) is 5.32 Å². The Balaban J connectivity index is 1.73. The second-order valence-electron chi connectivity index (χ2n) is 6.03. The van der Waals surface area contributed by atoms with Gasteiger partial charge in [0.05, 0.1) is 12.7 Å². The molecule has 0 aliphatic heterocycles. The Hall–Kier alpha value is -3.08. The van der Waals surface area contributed by atoms with Crippen molar-refractivity contribution in [3.05, 3.63) is 64.9 Å². The molecule has 0 radical (unpaired) electrons. The molecule has 2 amide bonds. The highest BCUT2D eigenvalue weighted by atomic mass is 16.3. The fraction of sp³-hybridized carbons (Fsp3) is 0.200.